The molecule has 0 aliphatic carbocycles. The van der Waals surface area contributed by atoms with Crippen molar-refractivity contribution >= 4 is 11.4 Å². The van der Waals surface area contributed by atoms with E-state index in [2.05, 4.69) is 5.32 Å². The molecule has 0 unspecified atom stereocenters. The SMILES string of the molecule is COc1cc(NCCOc2ccccc2)ccc1N. The predicted molar refractivity (Wildman–Crippen MR) is 77.8 cm³/mol. The zero-order valence-electron chi connectivity index (χ0n) is 10.9. The number of methoxy groups -OCH3 is 1. The Morgan fingerprint density at radius 1 is 1.11 bits per heavy atom. The number of hydrogen-bond acceptors (Lipinski definition) is 4. The number of nitrogen functional groups attached to an aromatic ring is 1. The van der Waals surface area contributed by atoms with Crippen LogP contribution >= 0.6 is 0 Å². The number of anilines is 2. The van der Waals surface area contributed by atoms with Gasteiger partial charge in [0.1, 0.15) is 18.1 Å². The third-order valence-corrected chi connectivity index (χ3v) is 2.68. The molecule has 0 atom stereocenters. The van der Waals surface area contributed by atoms with Gasteiger partial charge in [-0.1, -0.05) is 18.2 Å². The van der Waals surface area contributed by atoms with Crippen molar-refractivity contribution in [3.05, 3.63) is 48.5 Å². The van der Waals surface area contributed by atoms with Crippen LogP contribution in [-0.2, 0) is 0 Å². The Labute approximate surface area is 113 Å². The van der Waals surface area contributed by atoms with E-state index in [1.165, 1.54) is 0 Å². The van der Waals surface area contributed by atoms with Crippen LogP contribution in [-0.4, -0.2) is 20.3 Å². The second kappa shape index (κ2) is 6.54. The topological polar surface area (TPSA) is 56.5 Å². The van der Waals surface area contributed by atoms with E-state index in [-0.39, 0.29) is 0 Å². The average Bonchev–Trinajstić information content (AvgIpc) is 2.46. The van der Waals surface area contributed by atoms with Crippen molar-refractivity contribution in [2.75, 3.05) is 31.3 Å². The molecular weight excluding hydrogens is 240 g/mol. The number of rotatable bonds is 6. The highest BCUT2D eigenvalue weighted by atomic mass is 16.5. The molecule has 0 bridgehead atoms. The minimum atomic E-state index is 0.594. The molecular formula is C15H18N2O2. The number of nitrogens with one attached hydrogen (secondary N) is 1. The van der Waals surface area contributed by atoms with Gasteiger partial charge in [0, 0.05) is 18.3 Å². The molecule has 2 rings (SSSR count). The smallest absolute Gasteiger partial charge is 0.143 e. The van der Waals surface area contributed by atoms with E-state index in [1.54, 1.807) is 7.11 Å². The molecule has 0 fully saturated rings. The Hall–Kier alpha value is -2.36. The zero-order chi connectivity index (χ0) is 13.5. The molecule has 4 nitrogen and oxygen atoms in total. The van der Waals surface area contributed by atoms with Crippen LogP contribution in [0.15, 0.2) is 48.5 Å². The second-order valence-corrected chi connectivity index (χ2v) is 4.05. The summed E-state index contributed by atoms with van der Waals surface area (Å²) in [6, 6.07) is 15.4. The summed E-state index contributed by atoms with van der Waals surface area (Å²) < 4.78 is 10.8. The maximum atomic E-state index is 5.75. The largest absolute Gasteiger partial charge is 0.495 e. The predicted octanol–water partition coefficient (Wildman–Crippen LogP) is 2.77. The number of nitrogens with two attached hydrogens (primary N) is 1. The number of benzene rings is 2. The number of ether oxygens (including phenoxy) is 2. The third-order valence-electron chi connectivity index (χ3n) is 2.68. The summed E-state index contributed by atoms with van der Waals surface area (Å²) in [7, 11) is 1.61. The first-order valence-corrected chi connectivity index (χ1v) is 6.15. The summed E-state index contributed by atoms with van der Waals surface area (Å²) in [5.74, 6) is 1.55. The van der Waals surface area contributed by atoms with Crippen molar-refractivity contribution in [1.29, 1.82) is 0 Å². The molecule has 0 aromatic heterocycles. The maximum Gasteiger partial charge on any atom is 0.143 e. The molecule has 2 aromatic rings. The molecule has 0 radical (unpaired) electrons. The van der Waals surface area contributed by atoms with Gasteiger partial charge in [0.05, 0.1) is 12.8 Å². The first kappa shape index (κ1) is 13.1. The van der Waals surface area contributed by atoms with Gasteiger partial charge in [-0.15, -0.1) is 0 Å². The van der Waals surface area contributed by atoms with Gasteiger partial charge < -0.3 is 20.5 Å². The number of para-hydroxylation sites is 1. The van der Waals surface area contributed by atoms with Gasteiger partial charge in [0.15, 0.2) is 0 Å². The van der Waals surface area contributed by atoms with Crippen molar-refractivity contribution in [2.45, 2.75) is 0 Å². The molecule has 2 aromatic carbocycles. The van der Waals surface area contributed by atoms with Gasteiger partial charge >= 0.3 is 0 Å². The molecule has 19 heavy (non-hydrogen) atoms. The first-order valence-electron chi connectivity index (χ1n) is 6.15. The average molecular weight is 258 g/mol. The summed E-state index contributed by atoms with van der Waals surface area (Å²) in [4.78, 5) is 0. The molecule has 0 amide bonds. The molecule has 100 valence electrons. The summed E-state index contributed by atoms with van der Waals surface area (Å²) >= 11 is 0. The molecule has 0 spiro atoms. The van der Waals surface area contributed by atoms with E-state index in [0.717, 1.165) is 11.4 Å². The second-order valence-electron chi connectivity index (χ2n) is 4.05. The quantitative estimate of drug-likeness (QED) is 0.618. The van der Waals surface area contributed by atoms with E-state index < -0.39 is 0 Å². The van der Waals surface area contributed by atoms with Gasteiger partial charge in [-0.2, -0.15) is 0 Å². The lowest BCUT2D eigenvalue weighted by Gasteiger charge is -2.10. The van der Waals surface area contributed by atoms with Crippen molar-refractivity contribution in [3.63, 3.8) is 0 Å². The van der Waals surface area contributed by atoms with Crippen LogP contribution in [0.25, 0.3) is 0 Å². The van der Waals surface area contributed by atoms with Crippen molar-refractivity contribution < 1.29 is 9.47 Å². The molecule has 3 N–H and O–H groups in total. The Kier molecular flexibility index (Phi) is 4.50. The van der Waals surface area contributed by atoms with Crippen LogP contribution in [0.5, 0.6) is 11.5 Å². The van der Waals surface area contributed by atoms with Crippen molar-refractivity contribution in [3.8, 4) is 11.5 Å². The Balaban J connectivity index is 1.80. The van der Waals surface area contributed by atoms with E-state index >= 15 is 0 Å². The summed E-state index contributed by atoms with van der Waals surface area (Å²) in [6.07, 6.45) is 0. The minimum Gasteiger partial charge on any atom is -0.495 e. The minimum absolute atomic E-state index is 0.594. The monoisotopic (exact) mass is 258 g/mol. The van der Waals surface area contributed by atoms with Gasteiger partial charge in [-0.25, -0.2) is 0 Å². The first-order chi connectivity index (χ1) is 9.29. The van der Waals surface area contributed by atoms with E-state index in [0.29, 0.717) is 24.6 Å². The molecule has 0 saturated carbocycles. The van der Waals surface area contributed by atoms with Crippen LogP contribution in [0.2, 0.25) is 0 Å². The molecule has 0 aliphatic heterocycles. The van der Waals surface area contributed by atoms with Gasteiger partial charge in [-0.3, -0.25) is 0 Å². The molecule has 0 saturated heterocycles. The molecule has 0 heterocycles. The standard InChI is InChI=1S/C15H18N2O2/c1-18-15-11-12(7-8-14(15)16)17-9-10-19-13-5-3-2-4-6-13/h2-8,11,17H,9-10,16H2,1H3. The van der Waals surface area contributed by atoms with Crippen molar-refractivity contribution in [1.82, 2.24) is 0 Å². The highest BCUT2D eigenvalue weighted by Crippen LogP contribution is 2.24. The van der Waals surface area contributed by atoms with Gasteiger partial charge in [0.2, 0.25) is 0 Å². The lowest BCUT2D eigenvalue weighted by atomic mass is 10.2. The fraction of sp³-hybridized carbons (Fsp3) is 0.200. The van der Waals surface area contributed by atoms with Crippen LogP contribution < -0.4 is 20.5 Å². The molecule has 4 heteroatoms. The van der Waals surface area contributed by atoms with Crippen LogP contribution in [0.1, 0.15) is 0 Å². The van der Waals surface area contributed by atoms with E-state index in [1.807, 2.05) is 48.5 Å². The van der Waals surface area contributed by atoms with Crippen LogP contribution in [0.4, 0.5) is 11.4 Å². The van der Waals surface area contributed by atoms with Crippen LogP contribution in [0, 0.1) is 0 Å². The van der Waals surface area contributed by atoms with Gasteiger partial charge in [0.25, 0.3) is 0 Å². The Morgan fingerprint density at radius 2 is 1.89 bits per heavy atom. The van der Waals surface area contributed by atoms with Crippen molar-refractivity contribution in [2.24, 2.45) is 0 Å². The maximum absolute atomic E-state index is 5.75. The summed E-state index contributed by atoms with van der Waals surface area (Å²) in [5.41, 5.74) is 7.35. The summed E-state index contributed by atoms with van der Waals surface area (Å²) in [5, 5.41) is 3.26. The normalized spacial score (nSPS) is 9.95. The van der Waals surface area contributed by atoms with Gasteiger partial charge in [-0.05, 0) is 24.3 Å². The summed E-state index contributed by atoms with van der Waals surface area (Å²) in [6.45, 7) is 1.30. The lowest BCUT2D eigenvalue weighted by molar-refractivity contribution is 0.333. The van der Waals surface area contributed by atoms with E-state index in [9.17, 15) is 0 Å². The Bertz CT molecular complexity index is 515. The lowest BCUT2D eigenvalue weighted by Crippen LogP contribution is -2.11. The van der Waals surface area contributed by atoms with E-state index in [4.69, 9.17) is 15.2 Å². The Morgan fingerprint density at radius 3 is 2.63 bits per heavy atom. The highest BCUT2D eigenvalue weighted by Gasteiger charge is 2.00. The fourth-order valence-corrected chi connectivity index (χ4v) is 1.70. The highest BCUT2D eigenvalue weighted by molar-refractivity contribution is 5.61. The number of hydrogen-bond donors (Lipinski definition) is 2. The molecule has 0 aliphatic rings. The zero-order valence-corrected chi connectivity index (χ0v) is 10.9. The van der Waals surface area contributed by atoms with Crippen LogP contribution in [0.3, 0.4) is 0 Å². The third kappa shape index (κ3) is 3.81. The fourth-order valence-electron chi connectivity index (χ4n) is 1.70.